The van der Waals surface area contributed by atoms with Crippen LogP contribution >= 0.6 is 24.0 Å². The molecule has 0 saturated carbocycles. The summed E-state index contributed by atoms with van der Waals surface area (Å²) in [6, 6.07) is 8.72. The molecule has 2 unspecified atom stereocenters. The van der Waals surface area contributed by atoms with Crippen LogP contribution in [0.1, 0.15) is 50.3 Å². The standard InChI is InChI=1S/C21H35N3O2.HI/c1-4-22-21(23-13-7-14-25-5-2)24-16-19-8-6-15-26-20(19)18-11-9-17(3)10-12-18;/h9-12,19-20H,4-8,13-16H2,1-3H3,(H2,22,23,24);1H. The molecule has 0 bridgehead atoms. The van der Waals surface area contributed by atoms with Crippen LogP contribution < -0.4 is 10.6 Å². The number of aliphatic imine (C=N–C) groups is 1. The van der Waals surface area contributed by atoms with Gasteiger partial charge in [-0.3, -0.25) is 4.99 Å². The highest BCUT2D eigenvalue weighted by Crippen LogP contribution is 2.33. The van der Waals surface area contributed by atoms with Gasteiger partial charge in [0.1, 0.15) is 0 Å². The Morgan fingerprint density at radius 1 is 1.22 bits per heavy atom. The van der Waals surface area contributed by atoms with Crippen LogP contribution in [0.3, 0.4) is 0 Å². The highest BCUT2D eigenvalue weighted by atomic mass is 127. The molecule has 1 aliphatic heterocycles. The van der Waals surface area contributed by atoms with Gasteiger partial charge in [0.15, 0.2) is 5.96 Å². The largest absolute Gasteiger partial charge is 0.382 e. The highest BCUT2D eigenvalue weighted by Gasteiger charge is 2.27. The van der Waals surface area contributed by atoms with Crippen LogP contribution in [-0.2, 0) is 9.47 Å². The van der Waals surface area contributed by atoms with Crippen molar-refractivity contribution in [2.24, 2.45) is 10.9 Å². The fourth-order valence-electron chi connectivity index (χ4n) is 3.23. The Hall–Kier alpha value is -0.860. The number of halogens is 1. The first-order valence-electron chi connectivity index (χ1n) is 10.0. The molecule has 2 N–H and O–H groups in total. The summed E-state index contributed by atoms with van der Waals surface area (Å²) in [5, 5.41) is 6.73. The van der Waals surface area contributed by atoms with E-state index in [1.54, 1.807) is 0 Å². The topological polar surface area (TPSA) is 54.9 Å². The maximum absolute atomic E-state index is 6.11. The number of hydrogen-bond donors (Lipinski definition) is 2. The molecular weight excluding hydrogens is 453 g/mol. The molecule has 1 aromatic rings. The van der Waals surface area contributed by atoms with E-state index in [2.05, 4.69) is 48.7 Å². The minimum atomic E-state index is 0. The van der Waals surface area contributed by atoms with Crippen molar-refractivity contribution in [3.63, 3.8) is 0 Å². The average molecular weight is 489 g/mol. The number of benzene rings is 1. The highest BCUT2D eigenvalue weighted by molar-refractivity contribution is 14.0. The van der Waals surface area contributed by atoms with Crippen molar-refractivity contribution < 1.29 is 9.47 Å². The lowest BCUT2D eigenvalue weighted by Crippen LogP contribution is -2.38. The molecule has 2 rings (SSSR count). The van der Waals surface area contributed by atoms with Crippen molar-refractivity contribution in [1.82, 2.24) is 10.6 Å². The molecule has 2 atom stereocenters. The molecule has 0 radical (unpaired) electrons. The molecule has 5 nitrogen and oxygen atoms in total. The van der Waals surface area contributed by atoms with E-state index in [1.165, 1.54) is 11.1 Å². The summed E-state index contributed by atoms with van der Waals surface area (Å²) in [5.41, 5.74) is 2.55. The number of ether oxygens (including phenoxy) is 2. The van der Waals surface area contributed by atoms with Crippen LogP contribution in [0.5, 0.6) is 0 Å². The molecule has 1 fully saturated rings. The molecule has 154 valence electrons. The molecule has 1 saturated heterocycles. The second kappa shape index (κ2) is 14.2. The molecular formula is C21H36IN3O2. The van der Waals surface area contributed by atoms with Gasteiger partial charge in [-0.2, -0.15) is 0 Å². The van der Waals surface area contributed by atoms with Gasteiger partial charge in [-0.15, -0.1) is 24.0 Å². The minimum absolute atomic E-state index is 0. The van der Waals surface area contributed by atoms with Crippen molar-refractivity contribution in [3.8, 4) is 0 Å². The second-order valence-electron chi connectivity index (χ2n) is 6.80. The zero-order chi connectivity index (χ0) is 18.6. The molecule has 27 heavy (non-hydrogen) atoms. The molecule has 0 spiro atoms. The van der Waals surface area contributed by atoms with Gasteiger partial charge >= 0.3 is 0 Å². The van der Waals surface area contributed by atoms with E-state index in [9.17, 15) is 0 Å². The van der Waals surface area contributed by atoms with Crippen molar-refractivity contribution in [3.05, 3.63) is 35.4 Å². The molecule has 0 aromatic heterocycles. The summed E-state index contributed by atoms with van der Waals surface area (Å²) in [6.07, 6.45) is 3.40. The summed E-state index contributed by atoms with van der Waals surface area (Å²) < 4.78 is 11.5. The molecule has 1 heterocycles. The van der Waals surface area contributed by atoms with Crippen LogP contribution in [0, 0.1) is 12.8 Å². The van der Waals surface area contributed by atoms with E-state index in [0.29, 0.717) is 5.92 Å². The van der Waals surface area contributed by atoms with Crippen molar-refractivity contribution >= 4 is 29.9 Å². The second-order valence-corrected chi connectivity index (χ2v) is 6.80. The van der Waals surface area contributed by atoms with Crippen LogP contribution in [0.2, 0.25) is 0 Å². The third kappa shape index (κ3) is 8.79. The number of nitrogens with zero attached hydrogens (tertiary/aromatic N) is 1. The number of hydrogen-bond acceptors (Lipinski definition) is 3. The summed E-state index contributed by atoms with van der Waals surface area (Å²) in [5.74, 6) is 1.31. The zero-order valence-electron chi connectivity index (χ0n) is 17.0. The van der Waals surface area contributed by atoms with Gasteiger partial charge in [0.25, 0.3) is 0 Å². The predicted octanol–water partition coefficient (Wildman–Crippen LogP) is 4.06. The lowest BCUT2D eigenvalue weighted by atomic mass is 9.89. The van der Waals surface area contributed by atoms with Gasteiger partial charge in [0, 0.05) is 45.4 Å². The normalized spacial score (nSPS) is 20.0. The van der Waals surface area contributed by atoms with Gasteiger partial charge in [-0.05, 0) is 45.6 Å². The van der Waals surface area contributed by atoms with Gasteiger partial charge in [0.2, 0.25) is 0 Å². The molecule has 0 amide bonds. The first-order valence-corrected chi connectivity index (χ1v) is 10.0. The quantitative estimate of drug-likeness (QED) is 0.238. The van der Waals surface area contributed by atoms with E-state index in [1.807, 2.05) is 6.92 Å². The molecule has 0 aliphatic carbocycles. The van der Waals surface area contributed by atoms with Gasteiger partial charge in [-0.25, -0.2) is 0 Å². The van der Waals surface area contributed by atoms with E-state index < -0.39 is 0 Å². The van der Waals surface area contributed by atoms with Crippen LogP contribution in [0.25, 0.3) is 0 Å². The smallest absolute Gasteiger partial charge is 0.191 e. The van der Waals surface area contributed by atoms with Crippen molar-refractivity contribution in [1.29, 1.82) is 0 Å². The first kappa shape index (κ1) is 24.2. The lowest BCUT2D eigenvalue weighted by molar-refractivity contribution is -0.0250. The van der Waals surface area contributed by atoms with Gasteiger partial charge in [0.05, 0.1) is 6.10 Å². The fourth-order valence-corrected chi connectivity index (χ4v) is 3.23. The Morgan fingerprint density at radius 3 is 2.70 bits per heavy atom. The Balaban J connectivity index is 0.00000364. The molecule has 6 heteroatoms. The maximum Gasteiger partial charge on any atom is 0.191 e. The Labute approximate surface area is 181 Å². The Bertz CT molecular complexity index is 537. The number of aryl methyl sites for hydroxylation is 1. The van der Waals surface area contributed by atoms with Crippen LogP contribution in [0.15, 0.2) is 29.3 Å². The van der Waals surface area contributed by atoms with E-state index in [4.69, 9.17) is 14.5 Å². The third-order valence-electron chi connectivity index (χ3n) is 4.64. The molecule has 1 aliphatic rings. The number of guanidine groups is 1. The summed E-state index contributed by atoms with van der Waals surface area (Å²) in [7, 11) is 0. The van der Waals surface area contributed by atoms with E-state index >= 15 is 0 Å². The van der Waals surface area contributed by atoms with Crippen LogP contribution in [-0.4, -0.2) is 45.4 Å². The van der Waals surface area contributed by atoms with E-state index in [0.717, 1.165) is 64.7 Å². The first-order chi connectivity index (χ1) is 12.7. The maximum atomic E-state index is 6.11. The Kier molecular flexibility index (Phi) is 12.7. The number of rotatable bonds is 9. The Morgan fingerprint density at radius 2 is 2.00 bits per heavy atom. The predicted molar refractivity (Wildman–Crippen MR) is 123 cm³/mol. The van der Waals surface area contributed by atoms with Gasteiger partial charge in [-0.1, -0.05) is 29.8 Å². The monoisotopic (exact) mass is 489 g/mol. The third-order valence-corrected chi connectivity index (χ3v) is 4.64. The van der Waals surface area contributed by atoms with Crippen molar-refractivity contribution in [2.75, 3.05) is 39.5 Å². The SMILES string of the molecule is CCNC(=NCC1CCCOC1c1ccc(C)cc1)NCCCOCC.I. The minimum Gasteiger partial charge on any atom is -0.382 e. The number of nitrogens with one attached hydrogen (secondary N) is 2. The van der Waals surface area contributed by atoms with Gasteiger partial charge < -0.3 is 20.1 Å². The average Bonchev–Trinajstić information content (AvgIpc) is 2.67. The van der Waals surface area contributed by atoms with Crippen molar-refractivity contribution in [2.45, 2.75) is 46.1 Å². The van der Waals surface area contributed by atoms with E-state index in [-0.39, 0.29) is 30.1 Å². The molecule has 1 aromatic carbocycles. The summed E-state index contributed by atoms with van der Waals surface area (Å²) >= 11 is 0. The zero-order valence-corrected chi connectivity index (χ0v) is 19.3. The summed E-state index contributed by atoms with van der Waals surface area (Å²) in [6.45, 7) is 11.1. The lowest BCUT2D eigenvalue weighted by Gasteiger charge is -2.31. The summed E-state index contributed by atoms with van der Waals surface area (Å²) in [4.78, 5) is 4.82. The van der Waals surface area contributed by atoms with Crippen LogP contribution in [0.4, 0.5) is 0 Å². The fraction of sp³-hybridized carbons (Fsp3) is 0.667.